The van der Waals surface area contributed by atoms with E-state index in [1.807, 2.05) is 0 Å². The minimum atomic E-state index is -1.17. The lowest BCUT2D eigenvalue weighted by atomic mass is 9.95. The smallest absolute Gasteiger partial charge is 0.309 e. The van der Waals surface area contributed by atoms with Crippen molar-refractivity contribution >= 4 is 29.3 Å². The molecule has 0 unspecified atom stereocenters. The standard InChI is InChI=1S/C14H16ClFN2O3/c1-2-21-14(20)11-6-9(16)5-10(11)13(19)18-12-4-3-8(15)7-17-12/h3-4,7,9-11H,2,5-6H2,1H3,(H,17,18,19)/t9-,10+,11+/m1/s1. The van der Waals surface area contributed by atoms with E-state index in [-0.39, 0.29) is 19.4 Å². The number of esters is 1. The summed E-state index contributed by atoms with van der Waals surface area (Å²) in [5, 5.41) is 3.02. The average Bonchev–Trinajstić information content (AvgIpc) is 2.84. The first-order valence-corrected chi connectivity index (χ1v) is 7.12. The molecule has 0 radical (unpaired) electrons. The Hall–Kier alpha value is -1.69. The van der Waals surface area contributed by atoms with Crippen LogP contribution in [0.25, 0.3) is 0 Å². The van der Waals surface area contributed by atoms with Crippen LogP contribution in [0.1, 0.15) is 19.8 Å². The highest BCUT2D eigenvalue weighted by Gasteiger charge is 2.43. The molecular formula is C14H16ClFN2O3. The van der Waals surface area contributed by atoms with Gasteiger partial charge in [-0.1, -0.05) is 11.6 Å². The summed E-state index contributed by atoms with van der Waals surface area (Å²) in [4.78, 5) is 27.9. The molecule has 1 aliphatic carbocycles. The fraction of sp³-hybridized carbons (Fsp3) is 0.500. The van der Waals surface area contributed by atoms with Crippen molar-refractivity contribution < 1.29 is 18.7 Å². The molecule has 1 saturated carbocycles. The third-order valence-electron chi connectivity index (χ3n) is 3.41. The second kappa shape index (κ2) is 6.85. The van der Waals surface area contributed by atoms with Crippen molar-refractivity contribution in [1.82, 2.24) is 4.98 Å². The zero-order valence-electron chi connectivity index (χ0n) is 11.5. The zero-order valence-corrected chi connectivity index (χ0v) is 12.3. The Morgan fingerprint density at radius 3 is 2.76 bits per heavy atom. The van der Waals surface area contributed by atoms with E-state index < -0.39 is 29.9 Å². The number of alkyl halides is 1. The Morgan fingerprint density at radius 1 is 1.43 bits per heavy atom. The molecule has 0 aromatic carbocycles. The van der Waals surface area contributed by atoms with Crippen molar-refractivity contribution in [2.75, 3.05) is 11.9 Å². The number of hydrogen-bond acceptors (Lipinski definition) is 4. The number of nitrogens with zero attached hydrogens (tertiary/aromatic N) is 1. The summed E-state index contributed by atoms with van der Waals surface area (Å²) in [5.74, 6) is -2.12. The number of anilines is 1. The molecule has 1 amide bonds. The highest BCUT2D eigenvalue weighted by Crippen LogP contribution is 2.35. The number of carbonyl (C=O) groups is 2. The van der Waals surface area contributed by atoms with Crippen molar-refractivity contribution in [1.29, 1.82) is 0 Å². The highest BCUT2D eigenvalue weighted by atomic mass is 35.5. The van der Waals surface area contributed by atoms with Crippen LogP contribution in [-0.4, -0.2) is 29.6 Å². The average molecular weight is 315 g/mol. The molecule has 3 atom stereocenters. The Bertz CT molecular complexity index is 523. The molecule has 1 aliphatic rings. The third-order valence-corrected chi connectivity index (χ3v) is 3.63. The monoisotopic (exact) mass is 314 g/mol. The Morgan fingerprint density at radius 2 is 2.14 bits per heavy atom. The van der Waals surface area contributed by atoms with Gasteiger partial charge in [0.15, 0.2) is 0 Å². The van der Waals surface area contributed by atoms with Gasteiger partial charge in [0, 0.05) is 6.20 Å². The van der Waals surface area contributed by atoms with Gasteiger partial charge >= 0.3 is 5.97 Å². The molecule has 0 saturated heterocycles. The summed E-state index contributed by atoms with van der Waals surface area (Å²) in [6.07, 6.45) is 0.258. The number of amides is 1. The van der Waals surface area contributed by atoms with Crippen LogP contribution in [0, 0.1) is 11.8 Å². The molecule has 1 aromatic heterocycles. The van der Waals surface area contributed by atoms with Gasteiger partial charge in [-0.25, -0.2) is 9.37 Å². The van der Waals surface area contributed by atoms with Gasteiger partial charge in [-0.2, -0.15) is 0 Å². The lowest BCUT2D eigenvalue weighted by Gasteiger charge is -2.17. The normalized spacial score (nSPS) is 24.6. The van der Waals surface area contributed by atoms with Crippen LogP contribution >= 0.6 is 11.6 Å². The molecule has 5 nitrogen and oxygen atoms in total. The van der Waals surface area contributed by atoms with Gasteiger partial charge in [0.1, 0.15) is 12.0 Å². The fourth-order valence-electron chi connectivity index (χ4n) is 2.44. The molecule has 114 valence electrons. The molecule has 1 aromatic rings. The van der Waals surface area contributed by atoms with Gasteiger partial charge in [-0.05, 0) is 31.9 Å². The largest absolute Gasteiger partial charge is 0.466 e. The SMILES string of the molecule is CCOC(=O)[C@H]1C[C@H](F)C[C@@H]1C(=O)Nc1ccc(Cl)cn1. The number of hydrogen-bond donors (Lipinski definition) is 1. The highest BCUT2D eigenvalue weighted by molar-refractivity contribution is 6.30. The molecule has 2 rings (SSSR count). The first kappa shape index (κ1) is 15.7. The van der Waals surface area contributed by atoms with Gasteiger partial charge in [-0.15, -0.1) is 0 Å². The third kappa shape index (κ3) is 3.91. The quantitative estimate of drug-likeness (QED) is 0.867. The fourth-order valence-corrected chi connectivity index (χ4v) is 2.56. The van der Waals surface area contributed by atoms with E-state index in [2.05, 4.69) is 10.3 Å². The summed E-state index contributed by atoms with van der Waals surface area (Å²) in [6, 6.07) is 3.13. The van der Waals surface area contributed by atoms with E-state index in [0.717, 1.165) is 0 Å². The summed E-state index contributed by atoms with van der Waals surface area (Å²) in [5.41, 5.74) is 0. The Balaban J connectivity index is 2.05. The lowest BCUT2D eigenvalue weighted by molar-refractivity contribution is -0.151. The molecule has 0 aliphatic heterocycles. The van der Waals surface area contributed by atoms with Crippen molar-refractivity contribution in [3.05, 3.63) is 23.4 Å². The van der Waals surface area contributed by atoms with Crippen LogP contribution in [-0.2, 0) is 14.3 Å². The molecular weight excluding hydrogens is 299 g/mol. The maximum Gasteiger partial charge on any atom is 0.309 e. The lowest BCUT2D eigenvalue weighted by Crippen LogP contribution is -2.31. The zero-order chi connectivity index (χ0) is 15.4. The maximum absolute atomic E-state index is 13.6. The second-order valence-corrected chi connectivity index (χ2v) is 5.32. The summed E-state index contributed by atoms with van der Waals surface area (Å²) < 4.78 is 18.5. The van der Waals surface area contributed by atoms with E-state index in [1.54, 1.807) is 19.1 Å². The topological polar surface area (TPSA) is 68.3 Å². The van der Waals surface area contributed by atoms with E-state index in [0.29, 0.717) is 10.8 Å². The number of aromatic nitrogens is 1. The van der Waals surface area contributed by atoms with Crippen LogP contribution < -0.4 is 5.32 Å². The molecule has 21 heavy (non-hydrogen) atoms. The number of halogens is 2. The van der Waals surface area contributed by atoms with Gasteiger partial charge in [0.05, 0.1) is 23.5 Å². The molecule has 1 fully saturated rings. The molecule has 1 N–H and O–H groups in total. The van der Waals surface area contributed by atoms with E-state index in [4.69, 9.17) is 16.3 Å². The minimum Gasteiger partial charge on any atom is -0.466 e. The summed E-state index contributed by atoms with van der Waals surface area (Å²) in [7, 11) is 0. The number of pyridine rings is 1. The van der Waals surface area contributed by atoms with Crippen LogP contribution in [0.4, 0.5) is 10.2 Å². The summed E-state index contributed by atoms with van der Waals surface area (Å²) >= 11 is 5.71. The van der Waals surface area contributed by atoms with Crippen molar-refractivity contribution in [2.45, 2.75) is 25.9 Å². The van der Waals surface area contributed by atoms with Gasteiger partial charge in [-0.3, -0.25) is 9.59 Å². The van der Waals surface area contributed by atoms with Crippen molar-refractivity contribution in [3.8, 4) is 0 Å². The molecule has 0 spiro atoms. The molecule has 7 heteroatoms. The van der Waals surface area contributed by atoms with E-state index >= 15 is 0 Å². The van der Waals surface area contributed by atoms with Crippen LogP contribution in [0.5, 0.6) is 0 Å². The number of nitrogens with one attached hydrogen (secondary N) is 1. The van der Waals surface area contributed by atoms with Crippen LogP contribution in [0.15, 0.2) is 18.3 Å². The summed E-state index contributed by atoms with van der Waals surface area (Å²) in [6.45, 7) is 1.88. The number of ether oxygens (including phenoxy) is 1. The first-order chi connectivity index (χ1) is 10.0. The van der Waals surface area contributed by atoms with Crippen molar-refractivity contribution in [3.63, 3.8) is 0 Å². The predicted octanol–water partition coefficient (Wildman–Crippen LogP) is 2.60. The Labute approximate surface area is 126 Å². The van der Waals surface area contributed by atoms with Crippen LogP contribution in [0.2, 0.25) is 5.02 Å². The second-order valence-electron chi connectivity index (χ2n) is 4.88. The van der Waals surface area contributed by atoms with Gasteiger partial charge in [0.2, 0.25) is 5.91 Å². The first-order valence-electron chi connectivity index (χ1n) is 6.74. The van der Waals surface area contributed by atoms with Crippen molar-refractivity contribution in [2.24, 2.45) is 11.8 Å². The molecule has 0 bridgehead atoms. The van der Waals surface area contributed by atoms with Crippen LogP contribution in [0.3, 0.4) is 0 Å². The number of rotatable bonds is 4. The van der Waals surface area contributed by atoms with E-state index in [1.165, 1.54) is 6.20 Å². The minimum absolute atomic E-state index is 0.0168. The number of carbonyl (C=O) groups excluding carboxylic acids is 2. The molecule has 1 heterocycles. The van der Waals surface area contributed by atoms with E-state index in [9.17, 15) is 14.0 Å². The van der Waals surface area contributed by atoms with Gasteiger partial charge in [0.25, 0.3) is 0 Å². The Kier molecular flexibility index (Phi) is 5.12. The maximum atomic E-state index is 13.6. The van der Waals surface area contributed by atoms with Gasteiger partial charge < -0.3 is 10.1 Å². The predicted molar refractivity (Wildman–Crippen MR) is 75.6 cm³/mol.